The Labute approximate surface area is 122 Å². The summed E-state index contributed by atoms with van der Waals surface area (Å²) in [6.07, 6.45) is 5.27. The van der Waals surface area contributed by atoms with E-state index in [1.54, 1.807) is 25.3 Å². The van der Waals surface area contributed by atoms with Crippen molar-refractivity contribution in [2.75, 3.05) is 27.4 Å². The molecular formula is C17H27NO2. The minimum absolute atomic E-state index is 0.111. The largest absolute Gasteiger partial charge is 0.382 e. The Hall–Kier alpha value is -0.900. The van der Waals surface area contributed by atoms with E-state index in [1.165, 1.54) is 31.2 Å². The number of fused-ring (bicyclic) bond motifs is 1. The molecule has 1 aliphatic rings. The minimum Gasteiger partial charge on any atom is -0.382 e. The van der Waals surface area contributed by atoms with Gasteiger partial charge in [0.1, 0.15) is 0 Å². The van der Waals surface area contributed by atoms with Crippen LogP contribution in [-0.4, -0.2) is 33.5 Å². The van der Waals surface area contributed by atoms with Crippen molar-refractivity contribution in [2.45, 2.75) is 44.8 Å². The van der Waals surface area contributed by atoms with Gasteiger partial charge in [-0.3, -0.25) is 0 Å². The number of hydrogen-bond donors (Lipinski definition) is 1. The average molecular weight is 277 g/mol. The van der Waals surface area contributed by atoms with Gasteiger partial charge in [-0.1, -0.05) is 18.2 Å². The molecular weight excluding hydrogens is 250 g/mol. The van der Waals surface area contributed by atoms with E-state index in [4.69, 9.17) is 9.47 Å². The minimum atomic E-state index is 0.111. The topological polar surface area (TPSA) is 30.5 Å². The monoisotopic (exact) mass is 277 g/mol. The molecule has 0 heterocycles. The second kappa shape index (κ2) is 7.77. The standard InChI is InChI=1S/C17H27NO2/c1-13(18-11-17(20-3)12-19-2)15-9-8-14-6-4-5-7-16(14)10-15/h8-10,13,17-18H,4-7,11-12H2,1-3H3. The molecule has 3 nitrogen and oxygen atoms in total. The predicted molar refractivity (Wildman–Crippen MR) is 82.2 cm³/mol. The number of benzene rings is 1. The van der Waals surface area contributed by atoms with Crippen LogP contribution in [0.2, 0.25) is 0 Å². The lowest BCUT2D eigenvalue weighted by Gasteiger charge is -2.22. The maximum atomic E-state index is 5.38. The van der Waals surface area contributed by atoms with Crippen molar-refractivity contribution < 1.29 is 9.47 Å². The van der Waals surface area contributed by atoms with Gasteiger partial charge in [-0.05, 0) is 49.3 Å². The number of methoxy groups -OCH3 is 2. The summed E-state index contributed by atoms with van der Waals surface area (Å²) in [7, 11) is 3.44. The van der Waals surface area contributed by atoms with Crippen molar-refractivity contribution in [1.29, 1.82) is 0 Å². The van der Waals surface area contributed by atoms with Gasteiger partial charge in [-0.15, -0.1) is 0 Å². The number of rotatable bonds is 7. The highest BCUT2D eigenvalue weighted by molar-refractivity contribution is 5.35. The fourth-order valence-electron chi connectivity index (χ4n) is 2.84. The maximum absolute atomic E-state index is 5.38. The molecule has 0 saturated carbocycles. The van der Waals surface area contributed by atoms with E-state index in [0.29, 0.717) is 12.6 Å². The maximum Gasteiger partial charge on any atom is 0.0928 e. The van der Waals surface area contributed by atoms with E-state index < -0.39 is 0 Å². The molecule has 20 heavy (non-hydrogen) atoms. The summed E-state index contributed by atoms with van der Waals surface area (Å²) in [4.78, 5) is 0. The number of hydrogen-bond acceptors (Lipinski definition) is 3. The third-order valence-corrected chi connectivity index (χ3v) is 4.21. The molecule has 0 aromatic heterocycles. The average Bonchev–Trinajstić information content (AvgIpc) is 2.50. The molecule has 2 atom stereocenters. The van der Waals surface area contributed by atoms with E-state index in [0.717, 1.165) is 6.54 Å². The van der Waals surface area contributed by atoms with Crippen LogP contribution in [0.1, 0.15) is 42.5 Å². The lowest BCUT2D eigenvalue weighted by atomic mass is 9.89. The lowest BCUT2D eigenvalue weighted by molar-refractivity contribution is 0.0276. The van der Waals surface area contributed by atoms with Crippen LogP contribution in [0, 0.1) is 0 Å². The van der Waals surface area contributed by atoms with E-state index in [1.807, 2.05) is 0 Å². The molecule has 0 saturated heterocycles. The number of nitrogens with one attached hydrogen (secondary N) is 1. The van der Waals surface area contributed by atoms with Gasteiger partial charge in [0.05, 0.1) is 12.7 Å². The molecule has 0 aliphatic heterocycles. The van der Waals surface area contributed by atoms with Gasteiger partial charge >= 0.3 is 0 Å². The summed E-state index contributed by atoms with van der Waals surface area (Å²) in [5, 5.41) is 3.54. The van der Waals surface area contributed by atoms with E-state index in [9.17, 15) is 0 Å². The number of aryl methyl sites for hydroxylation is 2. The molecule has 1 aliphatic carbocycles. The van der Waals surface area contributed by atoms with Crippen molar-refractivity contribution in [2.24, 2.45) is 0 Å². The van der Waals surface area contributed by atoms with Crippen molar-refractivity contribution in [1.82, 2.24) is 5.32 Å². The Morgan fingerprint density at radius 1 is 1.15 bits per heavy atom. The van der Waals surface area contributed by atoms with Gasteiger partial charge in [0.15, 0.2) is 0 Å². The van der Waals surface area contributed by atoms with Crippen LogP contribution in [0.15, 0.2) is 18.2 Å². The predicted octanol–water partition coefficient (Wildman–Crippen LogP) is 2.88. The normalized spacial score (nSPS) is 17.6. The quantitative estimate of drug-likeness (QED) is 0.831. The fourth-order valence-corrected chi connectivity index (χ4v) is 2.84. The van der Waals surface area contributed by atoms with Crippen LogP contribution < -0.4 is 5.32 Å². The summed E-state index contributed by atoms with van der Waals surface area (Å²) in [5.74, 6) is 0. The van der Waals surface area contributed by atoms with E-state index >= 15 is 0 Å². The first-order chi connectivity index (χ1) is 9.74. The molecule has 1 aromatic carbocycles. The molecule has 0 bridgehead atoms. The first kappa shape index (κ1) is 15.5. The highest BCUT2D eigenvalue weighted by Gasteiger charge is 2.14. The second-order valence-corrected chi connectivity index (χ2v) is 5.68. The van der Waals surface area contributed by atoms with Gasteiger partial charge in [0, 0.05) is 26.8 Å². The van der Waals surface area contributed by atoms with Crippen molar-refractivity contribution in [3.63, 3.8) is 0 Å². The first-order valence-corrected chi connectivity index (χ1v) is 7.61. The Morgan fingerprint density at radius 3 is 2.60 bits per heavy atom. The fraction of sp³-hybridized carbons (Fsp3) is 0.647. The molecule has 2 rings (SSSR count). The van der Waals surface area contributed by atoms with E-state index in [-0.39, 0.29) is 6.10 Å². The van der Waals surface area contributed by atoms with Crippen molar-refractivity contribution in [3.8, 4) is 0 Å². The molecule has 1 N–H and O–H groups in total. The van der Waals surface area contributed by atoms with Crippen molar-refractivity contribution in [3.05, 3.63) is 34.9 Å². The highest BCUT2D eigenvalue weighted by Crippen LogP contribution is 2.24. The Balaban J connectivity index is 1.93. The highest BCUT2D eigenvalue weighted by atomic mass is 16.5. The Kier molecular flexibility index (Phi) is 6.02. The molecule has 1 aromatic rings. The molecule has 0 fully saturated rings. The zero-order valence-corrected chi connectivity index (χ0v) is 12.9. The Morgan fingerprint density at radius 2 is 1.90 bits per heavy atom. The molecule has 0 amide bonds. The summed E-state index contributed by atoms with van der Waals surface area (Å²) in [6.45, 7) is 3.65. The van der Waals surface area contributed by atoms with Gasteiger partial charge in [-0.2, -0.15) is 0 Å². The summed E-state index contributed by atoms with van der Waals surface area (Å²) in [5.41, 5.74) is 4.46. The van der Waals surface area contributed by atoms with Crippen LogP contribution in [0.5, 0.6) is 0 Å². The van der Waals surface area contributed by atoms with Crippen LogP contribution in [0.3, 0.4) is 0 Å². The van der Waals surface area contributed by atoms with Gasteiger partial charge in [0.25, 0.3) is 0 Å². The zero-order chi connectivity index (χ0) is 14.4. The van der Waals surface area contributed by atoms with E-state index in [2.05, 4.69) is 30.4 Å². The third-order valence-electron chi connectivity index (χ3n) is 4.21. The van der Waals surface area contributed by atoms with Gasteiger partial charge in [0.2, 0.25) is 0 Å². The summed E-state index contributed by atoms with van der Waals surface area (Å²) >= 11 is 0. The van der Waals surface area contributed by atoms with Crippen molar-refractivity contribution >= 4 is 0 Å². The molecule has 0 spiro atoms. The number of ether oxygens (including phenoxy) is 2. The first-order valence-electron chi connectivity index (χ1n) is 7.61. The molecule has 3 heteroatoms. The Bertz CT molecular complexity index is 419. The van der Waals surface area contributed by atoms with Gasteiger partial charge in [-0.25, -0.2) is 0 Å². The van der Waals surface area contributed by atoms with Crippen LogP contribution in [-0.2, 0) is 22.3 Å². The molecule has 112 valence electrons. The van der Waals surface area contributed by atoms with Crippen LogP contribution >= 0.6 is 0 Å². The smallest absolute Gasteiger partial charge is 0.0928 e. The summed E-state index contributed by atoms with van der Waals surface area (Å²) < 4.78 is 10.5. The van der Waals surface area contributed by atoms with Crippen LogP contribution in [0.4, 0.5) is 0 Å². The molecule has 0 radical (unpaired) electrons. The van der Waals surface area contributed by atoms with Crippen LogP contribution in [0.25, 0.3) is 0 Å². The second-order valence-electron chi connectivity index (χ2n) is 5.68. The summed E-state index contributed by atoms with van der Waals surface area (Å²) in [6, 6.07) is 7.30. The lowest BCUT2D eigenvalue weighted by Crippen LogP contribution is -2.33. The van der Waals surface area contributed by atoms with Gasteiger partial charge < -0.3 is 14.8 Å². The molecule has 2 unspecified atom stereocenters. The SMILES string of the molecule is COCC(CNC(C)c1ccc2c(c1)CCCC2)OC. The third kappa shape index (κ3) is 4.05. The zero-order valence-electron chi connectivity index (χ0n) is 12.9.